The molecule has 0 saturated carbocycles. The van der Waals surface area contributed by atoms with Gasteiger partial charge in [-0.05, 0) is 43.9 Å². The van der Waals surface area contributed by atoms with Gasteiger partial charge in [0, 0.05) is 38.8 Å². The predicted molar refractivity (Wildman–Crippen MR) is 117 cm³/mol. The first-order valence-electron chi connectivity index (χ1n) is 10.5. The Bertz CT molecular complexity index is 1010. The summed E-state index contributed by atoms with van der Waals surface area (Å²) in [5, 5.41) is 0. The maximum absolute atomic E-state index is 13.0. The summed E-state index contributed by atoms with van der Waals surface area (Å²) in [4.78, 5) is 17.1. The molecule has 2 aromatic carbocycles. The second-order valence-corrected chi connectivity index (χ2v) is 10.2. The molecular formula is C23H29N3O3S. The van der Waals surface area contributed by atoms with Crippen molar-refractivity contribution in [2.24, 2.45) is 0 Å². The Labute approximate surface area is 179 Å². The highest BCUT2D eigenvalue weighted by molar-refractivity contribution is 7.89. The van der Waals surface area contributed by atoms with Gasteiger partial charge >= 0.3 is 6.03 Å². The summed E-state index contributed by atoms with van der Waals surface area (Å²) in [5.41, 5.74) is 3.11. The van der Waals surface area contributed by atoms with Crippen LogP contribution < -0.4 is 0 Å². The normalized spacial score (nSPS) is 18.9. The van der Waals surface area contributed by atoms with Gasteiger partial charge in [0.05, 0.1) is 4.90 Å². The molecule has 0 spiro atoms. The van der Waals surface area contributed by atoms with Crippen molar-refractivity contribution in [2.75, 3.05) is 26.2 Å². The SMILES string of the molecule is Cc1ccc(CN2CCN(C3CCN(S(=O)(=O)c4ccccc4C)CC3)C2=O)cc1. The number of rotatable bonds is 5. The van der Waals surface area contributed by atoms with Gasteiger partial charge in [0.2, 0.25) is 10.0 Å². The zero-order valence-corrected chi connectivity index (χ0v) is 18.4. The molecule has 2 aromatic rings. The molecule has 2 amide bonds. The molecule has 0 atom stereocenters. The minimum Gasteiger partial charge on any atom is -0.320 e. The Morgan fingerprint density at radius 2 is 1.57 bits per heavy atom. The zero-order valence-electron chi connectivity index (χ0n) is 17.6. The van der Waals surface area contributed by atoms with E-state index < -0.39 is 10.0 Å². The number of nitrogens with zero attached hydrogens (tertiary/aromatic N) is 3. The molecule has 2 aliphatic rings. The number of benzene rings is 2. The lowest BCUT2D eigenvalue weighted by atomic mass is 10.1. The summed E-state index contributed by atoms with van der Waals surface area (Å²) in [5.74, 6) is 0. The molecule has 30 heavy (non-hydrogen) atoms. The first-order valence-corrected chi connectivity index (χ1v) is 12.0. The zero-order chi connectivity index (χ0) is 21.3. The van der Waals surface area contributed by atoms with E-state index in [1.807, 2.05) is 28.9 Å². The van der Waals surface area contributed by atoms with E-state index in [1.54, 1.807) is 16.4 Å². The molecule has 6 nitrogen and oxygen atoms in total. The molecule has 160 valence electrons. The summed E-state index contributed by atoms with van der Waals surface area (Å²) in [6, 6.07) is 15.5. The molecule has 0 radical (unpaired) electrons. The number of hydrogen-bond donors (Lipinski definition) is 0. The third kappa shape index (κ3) is 4.09. The van der Waals surface area contributed by atoms with Gasteiger partial charge in [-0.15, -0.1) is 0 Å². The van der Waals surface area contributed by atoms with Gasteiger partial charge in [0.25, 0.3) is 0 Å². The average molecular weight is 428 g/mol. The highest BCUT2D eigenvalue weighted by Gasteiger charge is 2.37. The van der Waals surface area contributed by atoms with E-state index >= 15 is 0 Å². The lowest BCUT2D eigenvalue weighted by molar-refractivity contribution is 0.153. The van der Waals surface area contributed by atoms with Gasteiger partial charge in [-0.1, -0.05) is 48.0 Å². The number of aryl methyl sites for hydroxylation is 2. The van der Waals surface area contributed by atoms with E-state index in [9.17, 15) is 13.2 Å². The molecular weight excluding hydrogens is 398 g/mol. The van der Waals surface area contributed by atoms with Crippen molar-refractivity contribution in [1.82, 2.24) is 14.1 Å². The van der Waals surface area contributed by atoms with Gasteiger partial charge < -0.3 is 9.80 Å². The quantitative estimate of drug-likeness (QED) is 0.735. The summed E-state index contributed by atoms with van der Waals surface area (Å²) >= 11 is 0. The second-order valence-electron chi connectivity index (χ2n) is 8.28. The lowest BCUT2D eigenvalue weighted by Gasteiger charge is -2.36. The molecule has 0 bridgehead atoms. The number of carbonyl (C=O) groups is 1. The molecule has 2 aliphatic heterocycles. The molecule has 0 unspecified atom stereocenters. The topological polar surface area (TPSA) is 60.9 Å². The smallest absolute Gasteiger partial charge is 0.320 e. The van der Waals surface area contributed by atoms with Crippen LogP contribution in [0.5, 0.6) is 0 Å². The van der Waals surface area contributed by atoms with Gasteiger partial charge in [-0.25, -0.2) is 13.2 Å². The summed E-state index contributed by atoms with van der Waals surface area (Å²) in [6.45, 7) is 6.82. The number of sulfonamides is 1. The number of urea groups is 1. The van der Waals surface area contributed by atoms with Crippen LogP contribution in [-0.2, 0) is 16.6 Å². The van der Waals surface area contributed by atoms with Crippen molar-refractivity contribution in [3.05, 3.63) is 65.2 Å². The summed E-state index contributed by atoms with van der Waals surface area (Å²) in [7, 11) is -3.49. The first kappa shape index (κ1) is 20.9. The molecule has 2 heterocycles. The maximum Gasteiger partial charge on any atom is 0.320 e. The van der Waals surface area contributed by atoms with Gasteiger partial charge in [-0.3, -0.25) is 0 Å². The van der Waals surface area contributed by atoms with E-state index in [0.29, 0.717) is 50.5 Å². The fraction of sp³-hybridized carbons (Fsp3) is 0.435. The monoisotopic (exact) mass is 427 g/mol. The van der Waals surface area contributed by atoms with E-state index in [4.69, 9.17) is 0 Å². The molecule has 0 aliphatic carbocycles. The van der Waals surface area contributed by atoms with Crippen molar-refractivity contribution >= 4 is 16.1 Å². The summed E-state index contributed by atoms with van der Waals surface area (Å²) < 4.78 is 27.6. The van der Waals surface area contributed by atoms with Crippen molar-refractivity contribution < 1.29 is 13.2 Å². The maximum atomic E-state index is 13.0. The largest absolute Gasteiger partial charge is 0.320 e. The van der Waals surface area contributed by atoms with E-state index in [-0.39, 0.29) is 12.1 Å². The van der Waals surface area contributed by atoms with Crippen LogP contribution in [0.15, 0.2) is 53.4 Å². The Morgan fingerprint density at radius 1 is 0.900 bits per heavy atom. The van der Waals surface area contributed by atoms with Gasteiger partial charge in [0.15, 0.2) is 0 Å². The summed E-state index contributed by atoms with van der Waals surface area (Å²) in [6.07, 6.45) is 1.35. The van der Waals surface area contributed by atoms with Crippen LogP contribution in [0.4, 0.5) is 4.79 Å². The fourth-order valence-electron chi connectivity index (χ4n) is 4.38. The lowest BCUT2D eigenvalue weighted by Crippen LogP contribution is -2.48. The van der Waals surface area contributed by atoms with Crippen molar-refractivity contribution in [3.63, 3.8) is 0 Å². The van der Waals surface area contributed by atoms with Crippen molar-refractivity contribution in [3.8, 4) is 0 Å². The minimum atomic E-state index is -3.49. The van der Waals surface area contributed by atoms with Crippen LogP contribution in [-0.4, -0.2) is 60.8 Å². The fourth-order valence-corrected chi connectivity index (χ4v) is 6.08. The predicted octanol–water partition coefficient (Wildman–Crippen LogP) is 3.39. The van der Waals surface area contributed by atoms with Crippen LogP contribution in [0.25, 0.3) is 0 Å². The highest BCUT2D eigenvalue weighted by Crippen LogP contribution is 2.27. The Hall–Kier alpha value is -2.38. The second kappa shape index (κ2) is 8.40. The van der Waals surface area contributed by atoms with Crippen LogP contribution in [0.3, 0.4) is 0 Å². The van der Waals surface area contributed by atoms with Crippen LogP contribution in [0.1, 0.15) is 29.5 Å². The highest BCUT2D eigenvalue weighted by atomic mass is 32.2. The Morgan fingerprint density at radius 3 is 2.23 bits per heavy atom. The molecule has 2 fully saturated rings. The van der Waals surface area contributed by atoms with Crippen LogP contribution in [0.2, 0.25) is 0 Å². The Kier molecular flexibility index (Phi) is 5.84. The van der Waals surface area contributed by atoms with Crippen LogP contribution >= 0.6 is 0 Å². The molecule has 0 aromatic heterocycles. The first-order chi connectivity index (χ1) is 14.4. The van der Waals surface area contributed by atoms with E-state index in [2.05, 4.69) is 31.2 Å². The van der Waals surface area contributed by atoms with Gasteiger partial charge in [-0.2, -0.15) is 4.31 Å². The third-order valence-corrected chi connectivity index (χ3v) is 8.26. The number of hydrogen-bond acceptors (Lipinski definition) is 3. The minimum absolute atomic E-state index is 0.0655. The van der Waals surface area contributed by atoms with Gasteiger partial charge in [0.1, 0.15) is 0 Å². The van der Waals surface area contributed by atoms with E-state index in [1.165, 1.54) is 5.56 Å². The van der Waals surface area contributed by atoms with Crippen LogP contribution in [0, 0.1) is 13.8 Å². The molecule has 0 N–H and O–H groups in total. The van der Waals surface area contributed by atoms with E-state index in [0.717, 1.165) is 11.1 Å². The van der Waals surface area contributed by atoms with Crippen molar-refractivity contribution in [1.29, 1.82) is 0 Å². The number of carbonyl (C=O) groups excluding carboxylic acids is 1. The van der Waals surface area contributed by atoms with Crippen molar-refractivity contribution in [2.45, 2.75) is 44.2 Å². The molecule has 2 saturated heterocycles. The standard InChI is InChI=1S/C23H29N3O3S/c1-18-7-9-20(10-8-18)17-24-15-16-26(23(24)27)21-11-13-25(14-12-21)30(28,29)22-6-4-3-5-19(22)2/h3-10,21H,11-17H2,1-2H3. The average Bonchev–Trinajstić information content (AvgIpc) is 3.10. The Balaban J connectivity index is 1.37. The number of amides is 2. The molecule has 4 rings (SSSR count). The number of piperidine rings is 1. The molecule has 7 heteroatoms. The third-order valence-electron chi connectivity index (χ3n) is 6.20.